The van der Waals surface area contributed by atoms with E-state index in [0.717, 1.165) is 5.56 Å². The van der Waals surface area contributed by atoms with Gasteiger partial charge in [0.25, 0.3) is 5.56 Å². The van der Waals surface area contributed by atoms with Crippen LogP contribution in [-0.2, 0) is 26.5 Å². The number of aromatic nitrogens is 2. The molecule has 2 aromatic rings. The van der Waals surface area contributed by atoms with Crippen molar-refractivity contribution < 1.29 is 18.7 Å². The fourth-order valence-electron chi connectivity index (χ4n) is 3.17. The van der Waals surface area contributed by atoms with Gasteiger partial charge in [-0.25, -0.2) is 9.37 Å². The van der Waals surface area contributed by atoms with Gasteiger partial charge in [-0.2, -0.15) is 0 Å². The molecule has 2 heterocycles. The zero-order chi connectivity index (χ0) is 20.8. The Morgan fingerprint density at radius 3 is 2.62 bits per heavy atom. The van der Waals surface area contributed by atoms with Crippen LogP contribution in [0.5, 0.6) is 0 Å². The molecule has 1 aliphatic rings. The summed E-state index contributed by atoms with van der Waals surface area (Å²) in [6.07, 6.45) is 1.16. The normalized spacial score (nSPS) is 14.6. The Morgan fingerprint density at radius 1 is 1.28 bits per heavy atom. The number of methoxy groups -OCH3 is 1. The smallest absolute Gasteiger partial charge is 0.308 e. The van der Waals surface area contributed by atoms with E-state index in [9.17, 15) is 18.8 Å². The second kappa shape index (κ2) is 9.69. The Labute approximate surface area is 171 Å². The third-order valence-electron chi connectivity index (χ3n) is 4.78. The number of halogens is 1. The molecule has 1 N–H and O–H groups in total. The molecule has 1 aliphatic heterocycles. The van der Waals surface area contributed by atoms with E-state index >= 15 is 0 Å². The van der Waals surface area contributed by atoms with Crippen LogP contribution >= 0.6 is 11.8 Å². The molecule has 1 aromatic heterocycles. The number of amides is 1. The van der Waals surface area contributed by atoms with Gasteiger partial charge in [0.05, 0.1) is 25.1 Å². The van der Waals surface area contributed by atoms with Crippen LogP contribution < -0.4 is 5.56 Å². The van der Waals surface area contributed by atoms with Crippen LogP contribution in [0.25, 0.3) is 0 Å². The van der Waals surface area contributed by atoms with Gasteiger partial charge in [0.15, 0.2) is 5.16 Å². The third-order valence-corrected chi connectivity index (χ3v) is 5.72. The first-order valence-corrected chi connectivity index (χ1v) is 10.3. The van der Waals surface area contributed by atoms with Crippen LogP contribution in [0.15, 0.2) is 40.3 Å². The van der Waals surface area contributed by atoms with Gasteiger partial charge in [-0.15, -0.1) is 0 Å². The first kappa shape index (κ1) is 21.0. The number of piperidine rings is 1. The summed E-state index contributed by atoms with van der Waals surface area (Å²) in [5, 5.41) is 0.411. The molecule has 7 nitrogen and oxygen atoms in total. The van der Waals surface area contributed by atoms with Crippen LogP contribution in [0.3, 0.4) is 0 Å². The van der Waals surface area contributed by atoms with Gasteiger partial charge in [0.2, 0.25) is 5.91 Å². The summed E-state index contributed by atoms with van der Waals surface area (Å²) in [5.41, 5.74) is 0.971. The number of thioether (sulfide) groups is 1. The molecule has 0 bridgehead atoms. The first-order chi connectivity index (χ1) is 13.9. The van der Waals surface area contributed by atoms with Crippen LogP contribution in [-0.4, -0.2) is 46.9 Å². The molecule has 154 valence electrons. The number of benzene rings is 1. The van der Waals surface area contributed by atoms with E-state index in [1.54, 1.807) is 17.0 Å². The van der Waals surface area contributed by atoms with Crippen molar-refractivity contribution in [1.29, 1.82) is 0 Å². The van der Waals surface area contributed by atoms with Gasteiger partial charge in [-0.3, -0.25) is 14.4 Å². The van der Waals surface area contributed by atoms with E-state index in [0.29, 0.717) is 42.5 Å². The lowest BCUT2D eigenvalue weighted by Gasteiger charge is -2.30. The number of likely N-dealkylation sites (tertiary alicyclic amines) is 1. The average molecular weight is 419 g/mol. The third kappa shape index (κ3) is 5.90. The highest BCUT2D eigenvalue weighted by Crippen LogP contribution is 2.20. The molecule has 3 rings (SSSR count). The summed E-state index contributed by atoms with van der Waals surface area (Å²) in [5.74, 6) is -0.323. The van der Waals surface area contributed by atoms with E-state index in [4.69, 9.17) is 4.74 Å². The molecule has 1 aromatic carbocycles. The number of nitrogens with one attached hydrogen (secondary N) is 1. The summed E-state index contributed by atoms with van der Waals surface area (Å²) in [7, 11) is 1.37. The van der Waals surface area contributed by atoms with Crippen LogP contribution in [0.2, 0.25) is 0 Å². The van der Waals surface area contributed by atoms with E-state index in [1.165, 1.54) is 37.1 Å². The minimum atomic E-state index is -0.325. The zero-order valence-electron chi connectivity index (χ0n) is 16.0. The number of rotatable bonds is 6. The zero-order valence-corrected chi connectivity index (χ0v) is 16.8. The number of esters is 1. The minimum absolute atomic E-state index is 0.0247. The second-order valence-corrected chi connectivity index (χ2v) is 7.78. The summed E-state index contributed by atoms with van der Waals surface area (Å²) in [6, 6.07) is 7.42. The molecule has 9 heteroatoms. The fourth-order valence-corrected chi connectivity index (χ4v) is 4.02. The number of hydrogen-bond donors (Lipinski definition) is 1. The molecule has 0 atom stereocenters. The maximum Gasteiger partial charge on any atom is 0.308 e. The molecule has 1 saturated heterocycles. The quantitative estimate of drug-likeness (QED) is 0.438. The number of ether oxygens (including phenoxy) is 1. The number of hydrogen-bond acceptors (Lipinski definition) is 6. The van der Waals surface area contributed by atoms with Crippen molar-refractivity contribution in [1.82, 2.24) is 14.9 Å². The first-order valence-electron chi connectivity index (χ1n) is 9.27. The number of carbonyl (C=O) groups is 2. The van der Waals surface area contributed by atoms with Crippen LogP contribution in [0, 0.1) is 11.7 Å². The van der Waals surface area contributed by atoms with Gasteiger partial charge in [-0.1, -0.05) is 23.9 Å². The van der Waals surface area contributed by atoms with Crippen molar-refractivity contribution in [3.8, 4) is 0 Å². The highest BCUT2D eigenvalue weighted by Gasteiger charge is 2.28. The summed E-state index contributed by atoms with van der Waals surface area (Å²) >= 11 is 1.31. The van der Waals surface area contributed by atoms with Gasteiger partial charge < -0.3 is 14.6 Å². The molecule has 0 spiro atoms. The SMILES string of the molecule is COC(=O)C1CCN(C(=O)Cc2cc(=O)[nH]c(SCc3ccc(F)cc3)n2)CC1. The molecular formula is C20H22FN3O4S. The Morgan fingerprint density at radius 2 is 1.97 bits per heavy atom. The maximum absolute atomic E-state index is 13.0. The van der Waals surface area contributed by atoms with E-state index in [2.05, 4.69) is 9.97 Å². The lowest BCUT2D eigenvalue weighted by Crippen LogP contribution is -2.41. The van der Waals surface area contributed by atoms with Crippen LogP contribution in [0.1, 0.15) is 24.1 Å². The van der Waals surface area contributed by atoms with E-state index < -0.39 is 0 Å². The number of aromatic amines is 1. The highest BCUT2D eigenvalue weighted by molar-refractivity contribution is 7.98. The molecule has 29 heavy (non-hydrogen) atoms. The molecule has 0 aliphatic carbocycles. The average Bonchev–Trinajstić information content (AvgIpc) is 2.72. The number of H-pyrrole nitrogens is 1. The van der Waals surface area contributed by atoms with Crippen molar-refractivity contribution >= 4 is 23.6 Å². The summed E-state index contributed by atoms with van der Waals surface area (Å²) in [6.45, 7) is 0.960. The summed E-state index contributed by atoms with van der Waals surface area (Å²) in [4.78, 5) is 44.8. The standard InChI is InChI=1S/C20H22FN3O4S/c1-28-19(27)14-6-8-24(9-7-14)18(26)11-16-10-17(25)23-20(22-16)29-12-13-2-4-15(21)5-3-13/h2-5,10,14H,6-9,11-12H2,1H3,(H,22,23,25). The maximum atomic E-state index is 13.0. The second-order valence-electron chi connectivity index (χ2n) is 6.81. The fraction of sp³-hybridized carbons (Fsp3) is 0.400. The van der Waals surface area contributed by atoms with Crippen molar-refractivity contribution in [2.45, 2.75) is 30.2 Å². The lowest BCUT2D eigenvalue weighted by molar-refractivity contribution is -0.148. The Hall–Kier alpha value is -2.68. The van der Waals surface area contributed by atoms with Crippen molar-refractivity contribution in [2.24, 2.45) is 5.92 Å². The number of nitrogens with zero attached hydrogens (tertiary/aromatic N) is 2. The van der Waals surface area contributed by atoms with E-state index in [-0.39, 0.29) is 35.6 Å². The molecule has 0 radical (unpaired) electrons. The van der Waals surface area contributed by atoms with Crippen molar-refractivity contribution in [3.05, 3.63) is 57.8 Å². The molecule has 0 unspecified atom stereocenters. The topological polar surface area (TPSA) is 92.4 Å². The van der Waals surface area contributed by atoms with Crippen molar-refractivity contribution in [3.63, 3.8) is 0 Å². The van der Waals surface area contributed by atoms with Gasteiger partial charge in [-0.05, 0) is 30.5 Å². The van der Waals surface area contributed by atoms with Gasteiger partial charge in [0, 0.05) is 24.9 Å². The van der Waals surface area contributed by atoms with Gasteiger partial charge >= 0.3 is 5.97 Å². The highest BCUT2D eigenvalue weighted by atomic mass is 32.2. The Balaban J connectivity index is 1.58. The van der Waals surface area contributed by atoms with Crippen LogP contribution in [0.4, 0.5) is 4.39 Å². The summed E-state index contributed by atoms with van der Waals surface area (Å²) < 4.78 is 17.7. The molecule has 0 saturated carbocycles. The predicted octanol–water partition coefficient (Wildman–Crippen LogP) is 2.16. The predicted molar refractivity (Wildman–Crippen MR) is 106 cm³/mol. The lowest BCUT2D eigenvalue weighted by atomic mass is 9.97. The van der Waals surface area contributed by atoms with Crippen molar-refractivity contribution in [2.75, 3.05) is 20.2 Å². The monoisotopic (exact) mass is 419 g/mol. The minimum Gasteiger partial charge on any atom is -0.469 e. The van der Waals surface area contributed by atoms with Gasteiger partial charge in [0.1, 0.15) is 5.82 Å². The Kier molecular flexibility index (Phi) is 7.03. The van der Waals surface area contributed by atoms with E-state index in [1.807, 2.05) is 0 Å². The molecular weight excluding hydrogens is 397 g/mol. The Bertz CT molecular complexity index is 924. The number of carbonyl (C=O) groups excluding carboxylic acids is 2. The largest absolute Gasteiger partial charge is 0.469 e. The molecule has 1 amide bonds. The molecule has 1 fully saturated rings.